The summed E-state index contributed by atoms with van der Waals surface area (Å²) in [4.78, 5) is 11.4. The molecule has 24 heavy (non-hydrogen) atoms. The fourth-order valence-electron chi connectivity index (χ4n) is 2.92. The van der Waals surface area contributed by atoms with Crippen molar-refractivity contribution in [2.75, 3.05) is 10.8 Å². The highest BCUT2D eigenvalue weighted by Gasteiger charge is 2.35. The van der Waals surface area contributed by atoms with Gasteiger partial charge in [-0.2, -0.15) is 8.42 Å². The molecule has 2 aromatic rings. The van der Waals surface area contributed by atoms with Crippen LogP contribution < -0.4 is 9.03 Å². The lowest BCUT2D eigenvalue weighted by atomic mass is 10.0. The number of aryl methyl sites for hydroxylation is 1. The van der Waals surface area contributed by atoms with E-state index >= 15 is 0 Å². The number of benzene rings is 2. The van der Waals surface area contributed by atoms with Crippen LogP contribution in [0.5, 0.6) is 5.75 Å². The third kappa shape index (κ3) is 3.17. The van der Waals surface area contributed by atoms with Crippen molar-refractivity contribution in [1.29, 1.82) is 0 Å². The number of carbonyl (C=O) groups is 1. The van der Waals surface area contributed by atoms with Crippen molar-refractivity contribution in [2.45, 2.75) is 32.6 Å². The van der Waals surface area contributed by atoms with Gasteiger partial charge in [0.05, 0.1) is 5.69 Å². The van der Waals surface area contributed by atoms with Crippen molar-refractivity contribution in [3.8, 4) is 5.75 Å². The SMILES string of the molecule is CCCCCc1ccc2cc(O)c(N3CC(=O)NS3(=O)=O)cc2c1. The monoisotopic (exact) mass is 348 g/mol. The van der Waals surface area contributed by atoms with Gasteiger partial charge in [-0.25, -0.2) is 9.03 Å². The number of phenols is 1. The maximum absolute atomic E-state index is 12.0. The summed E-state index contributed by atoms with van der Waals surface area (Å²) in [5.41, 5.74) is 1.29. The van der Waals surface area contributed by atoms with Gasteiger partial charge in [-0.05, 0) is 41.3 Å². The molecule has 128 valence electrons. The first-order valence-electron chi connectivity index (χ1n) is 7.99. The molecule has 1 fully saturated rings. The quantitative estimate of drug-likeness (QED) is 0.813. The zero-order chi connectivity index (χ0) is 17.3. The number of nitrogens with zero attached hydrogens (tertiary/aromatic N) is 1. The Balaban J connectivity index is 2.00. The second-order valence-electron chi connectivity index (χ2n) is 6.02. The minimum atomic E-state index is -3.93. The molecular formula is C17H20N2O4S. The first kappa shape index (κ1) is 16.6. The Morgan fingerprint density at radius 2 is 1.96 bits per heavy atom. The Hall–Kier alpha value is -2.28. The highest BCUT2D eigenvalue weighted by molar-refractivity contribution is 7.92. The van der Waals surface area contributed by atoms with Crippen molar-refractivity contribution in [2.24, 2.45) is 0 Å². The number of aromatic hydroxyl groups is 1. The van der Waals surface area contributed by atoms with Gasteiger partial charge in [-0.1, -0.05) is 38.0 Å². The van der Waals surface area contributed by atoms with E-state index in [4.69, 9.17) is 0 Å². The number of rotatable bonds is 5. The Bertz CT molecular complexity index is 893. The molecule has 7 heteroatoms. The molecule has 3 rings (SSSR count). The van der Waals surface area contributed by atoms with Crippen LogP contribution in [-0.2, 0) is 21.4 Å². The van der Waals surface area contributed by atoms with Gasteiger partial charge in [0.1, 0.15) is 12.3 Å². The minimum Gasteiger partial charge on any atom is -0.506 e. The van der Waals surface area contributed by atoms with Crippen LogP contribution in [0.3, 0.4) is 0 Å². The molecule has 0 saturated carbocycles. The van der Waals surface area contributed by atoms with Crippen LogP contribution in [0.25, 0.3) is 10.8 Å². The third-order valence-corrected chi connectivity index (χ3v) is 5.55. The molecule has 0 atom stereocenters. The summed E-state index contributed by atoms with van der Waals surface area (Å²) in [6.45, 7) is 1.83. The van der Waals surface area contributed by atoms with Crippen LogP contribution in [0.1, 0.15) is 31.7 Å². The Morgan fingerprint density at radius 1 is 1.17 bits per heavy atom. The van der Waals surface area contributed by atoms with E-state index < -0.39 is 16.1 Å². The summed E-state index contributed by atoms with van der Waals surface area (Å²) in [6.07, 6.45) is 4.38. The molecule has 0 bridgehead atoms. The number of nitrogens with one attached hydrogen (secondary N) is 1. The van der Waals surface area contributed by atoms with Crippen molar-refractivity contribution in [1.82, 2.24) is 4.72 Å². The molecule has 0 spiro atoms. The van der Waals surface area contributed by atoms with E-state index in [9.17, 15) is 18.3 Å². The summed E-state index contributed by atoms with van der Waals surface area (Å²) < 4.78 is 26.8. The van der Waals surface area contributed by atoms with Crippen LogP contribution in [0.4, 0.5) is 5.69 Å². The molecule has 0 aliphatic carbocycles. The maximum Gasteiger partial charge on any atom is 0.326 e. The number of fused-ring (bicyclic) bond motifs is 1. The molecule has 2 aromatic carbocycles. The fraction of sp³-hybridized carbons (Fsp3) is 0.353. The van der Waals surface area contributed by atoms with E-state index in [1.54, 1.807) is 6.07 Å². The third-order valence-electron chi connectivity index (χ3n) is 4.16. The Kier molecular flexibility index (Phi) is 4.36. The minimum absolute atomic E-state index is 0.117. The van der Waals surface area contributed by atoms with Crippen LogP contribution >= 0.6 is 0 Å². The lowest BCUT2D eigenvalue weighted by Crippen LogP contribution is -2.29. The average Bonchev–Trinajstić information content (AvgIpc) is 2.79. The van der Waals surface area contributed by atoms with E-state index in [-0.39, 0.29) is 18.0 Å². The number of unbranched alkanes of at least 4 members (excludes halogenated alkanes) is 2. The van der Waals surface area contributed by atoms with E-state index in [0.29, 0.717) is 0 Å². The molecule has 1 aliphatic heterocycles. The maximum atomic E-state index is 12.0. The standard InChI is InChI=1S/C17H20N2O4S/c1-2-3-4-5-12-6-7-13-10-16(20)15(9-14(13)8-12)19-11-17(21)18-24(19,22)23/h6-10,20H,2-5,11H2,1H3,(H,18,21). The van der Waals surface area contributed by atoms with E-state index in [2.05, 4.69) is 6.92 Å². The highest BCUT2D eigenvalue weighted by atomic mass is 32.2. The highest BCUT2D eigenvalue weighted by Crippen LogP contribution is 2.35. The predicted octanol–water partition coefficient (Wildman–Crippen LogP) is 2.46. The molecule has 1 heterocycles. The summed E-state index contributed by atoms with van der Waals surface area (Å²) in [6, 6.07) is 9.09. The summed E-state index contributed by atoms with van der Waals surface area (Å²) in [5, 5.41) is 11.8. The molecule has 0 radical (unpaired) electrons. The first-order valence-corrected chi connectivity index (χ1v) is 9.43. The largest absolute Gasteiger partial charge is 0.506 e. The normalized spacial score (nSPS) is 16.5. The molecular weight excluding hydrogens is 328 g/mol. The zero-order valence-electron chi connectivity index (χ0n) is 13.4. The van der Waals surface area contributed by atoms with Crippen LogP contribution in [0.15, 0.2) is 30.3 Å². The Morgan fingerprint density at radius 3 is 2.62 bits per heavy atom. The average molecular weight is 348 g/mol. The smallest absolute Gasteiger partial charge is 0.326 e. The van der Waals surface area contributed by atoms with Crippen molar-refractivity contribution >= 4 is 32.6 Å². The number of hydrogen-bond acceptors (Lipinski definition) is 4. The van der Waals surface area contributed by atoms with Gasteiger partial charge in [0.25, 0.3) is 5.91 Å². The summed E-state index contributed by atoms with van der Waals surface area (Å²) >= 11 is 0. The van der Waals surface area contributed by atoms with Gasteiger partial charge in [0, 0.05) is 0 Å². The number of phenolic OH excluding ortho intramolecular Hbond substituents is 1. The van der Waals surface area contributed by atoms with Crippen molar-refractivity contribution < 1.29 is 18.3 Å². The molecule has 2 N–H and O–H groups in total. The molecule has 1 saturated heterocycles. The van der Waals surface area contributed by atoms with Gasteiger partial charge >= 0.3 is 10.2 Å². The fourth-order valence-corrected chi connectivity index (χ4v) is 4.07. The second-order valence-corrected chi connectivity index (χ2v) is 7.61. The summed E-state index contributed by atoms with van der Waals surface area (Å²) in [5.74, 6) is -0.774. The Labute approximate surface area is 141 Å². The number of amides is 1. The molecule has 0 aromatic heterocycles. The van der Waals surface area contributed by atoms with E-state index in [1.165, 1.54) is 18.1 Å². The van der Waals surface area contributed by atoms with E-state index in [0.717, 1.165) is 34.3 Å². The zero-order valence-corrected chi connectivity index (χ0v) is 14.3. The topological polar surface area (TPSA) is 86.7 Å². The lowest BCUT2D eigenvalue weighted by Gasteiger charge is -2.17. The van der Waals surface area contributed by atoms with Gasteiger partial charge in [-0.15, -0.1) is 0 Å². The van der Waals surface area contributed by atoms with Gasteiger partial charge < -0.3 is 5.11 Å². The van der Waals surface area contributed by atoms with Gasteiger partial charge in [-0.3, -0.25) is 4.79 Å². The predicted molar refractivity (Wildman–Crippen MR) is 93.3 cm³/mol. The number of anilines is 1. The lowest BCUT2D eigenvalue weighted by molar-refractivity contribution is -0.117. The molecule has 6 nitrogen and oxygen atoms in total. The second kappa shape index (κ2) is 6.32. The summed E-state index contributed by atoms with van der Waals surface area (Å²) in [7, 11) is -3.93. The van der Waals surface area contributed by atoms with Gasteiger partial charge in [0.15, 0.2) is 0 Å². The molecule has 0 unspecified atom stereocenters. The van der Waals surface area contributed by atoms with Gasteiger partial charge in [0.2, 0.25) is 0 Å². The molecule has 1 amide bonds. The van der Waals surface area contributed by atoms with Crippen molar-refractivity contribution in [3.63, 3.8) is 0 Å². The number of carbonyl (C=O) groups excluding carboxylic acids is 1. The molecule has 1 aliphatic rings. The number of hydrogen-bond donors (Lipinski definition) is 2. The van der Waals surface area contributed by atoms with Crippen molar-refractivity contribution in [3.05, 3.63) is 35.9 Å². The van der Waals surface area contributed by atoms with Crippen LogP contribution in [-0.4, -0.2) is 26.0 Å². The van der Waals surface area contributed by atoms with Crippen LogP contribution in [0.2, 0.25) is 0 Å². The van der Waals surface area contributed by atoms with Crippen LogP contribution in [0, 0.1) is 0 Å². The van der Waals surface area contributed by atoms with E-state index in [1.807, 2.05) is 22.9 Å². The first-order chi connectivity index (χ1) is 11.4.